The Hall–Kier alpha value is -3.52. The molecule has 0 spiro atoms. The molecule has 0 saturated heterocycles. The Labute approximate surface area is 363 Å². The Morgan fingerprint density at radius 2 is 0.542 bits per heavy atom. The van der Waals surface area contributed by atoms with E-state index in [1.165, 1.54) is 220 Å². The van der Waals surface area contributed by atoms with Crippen molar-refractivity contribution in [2.75, 3.05) is 11.5 Å². The second kappa shape index (κ2) is 30.5. The number of nitrogens with two attached hydrogens (primary N) is 2. The molecule has 0 amide bonds. The van der Waals surface area contributed by atoms with Crippen molar-refractivity contribution in [3.05, 3.63) is 129 Å². The minimum Gasteiger partial charge on any atom is -0.399 e. The number of hydrogen-bond donors (Lipinski definition) is 2. The second-order valence-electron chi connectivity index (χ2n) is 18.2. The van der Waals surface area contributed by atoms with Gasteiger partial charge >= 0.3 is 0 Å². The third kappa shape index (κ3) is 21.0. The third-order valence-electron chi connectivity index (χ3n) is 12.8. The normalized spacial score (nSPS) is 11.4. The summed E-state index contributed by atoms with van der Waals surface area (Å²) in [4.78, 5) is 0. The van der Waals surface area contributed by atoms with E-state index in [1.54, 1.807) is 11.1 Å². The molecule has 0 aliphatic heterocycles. The number of nitrogen functional groups attached to an aromatic ring is 2. The molecule has 59 heavy (non-hydrogen) atoms. The van der Waals surface area contributed by atoms with Crippen LogP contribution in [0.25, 0.3) is 0 Å². The van der Waals surface area contributed by atoms with Crippen molar-refractivity contribution >= 4 is 11.4 Å². The van der Waals surface area contributed by atoms with Gasteiger partial charge in [0.1, 0.15) is 0 Å². The van der Waals surface area contributed by atoms with Gasteiger partial charge in [-0.3, -0.25) is 0 Å². The van der Waals surface area contributed by atoms with Crippen LogP contribution in [-0.4, -0.2) is 0 Å². The maximum atomic E-state index is 5.94. The molecule has 0 unspecified atom stereocenters. The van der Waals surface area contributed by atoms with Gasteiger partial charge in [-0.25, -0.2) is 0 Å². The summed E-state index contributed by atoms with van der Waals surface area (Å²) in [5.41, 5.74) is 25.5. The zero-order chi connectivity index (χ0) is 41.6. The van der Waals surface area contributed by atoms with Gasteiger partial charge < -0.3 is 11.5 Å². The van der Waals surface area contributed by atoms with Crippen LogP contribution in [0.2, 0.25) is 0 Å². The first-order chi connectivity index (χ1) is 29.0. The van der Waals surface area contributed by atoms with Crippen LogP contribution >= 0.6 is 0 Å². The predicted octanol–water partition coefficient (Wildman–Crippen LogP) is 16.7. The van der Waals surface area contributed by atoms with E-state index in [-0.39, 0.29) is 0 Å². The van der Waals surface area contributed by atoms with E-state index in [2.05, 4.69) is 74.5 Å². The van der Waals surface area contributed by atoms with Crippen molar-refractivity contribution in [1.29, 1.82) is 0 Å². The quantitative estimate of drug-likeness (QED) is 0.0365. The van der Waals surface area contributed by atoms with E-state index in [9.17, 15) is 0 Å². The van der Waals surface area contributed by atoms with Gasteiger partial charge in [-0.1, -0.05) is 209 Å². The van der Waals surface area contributed by atoms with Crippen molar-refractivity contribution in [1.82, 2.24) is 0 Å². The summed E-state index contributed by atoms with van der Waals surface area (Å²) in [5, 5.41) is 0. The first-order valence-electron chi connectivity index (χ1n) is 24.9. The minimum absolute atomic E-state index is 0.847. The summed E-state index contributed by atoms with van der Waals surface area (Å²) in [6.45, 7) is 4.60. The summed E-state index contributed by atoms with van der Waals surface area (Å²) in [5.74, 6) is 0. The topological polar surface area (TPSA) is 52.0 Å². The average Bonchev–Trinajstić information content (AvgIpc) is 3.25. The standard InChI is InChI=1S/C57H86N2/c1-3-5-7-26-30-52-44-48(32-38-54(52)46-50-34-40-56(58)41-35-50)28-24-22-20-18-16-14-12-10-9-11-13-15-17-19-21-23-25-29-49-33-39-55(47-51-36-42-57(59)43-37-51)53(45-49)31-27-8-6-4-2/h32-45H,3-31,46-47,58-59H2,1-2H3. The summed E-state index contributed by atoms with van der Waals surface area (Å²) >= 11 is 0. The fraction of sp³-hybridized carbons (Fsp3) is 0.579. The molecule has 0 heterocycles. The fourth-order valence-corrected chi connectivity index (χ4v) is 8.99. The lowest BCUT2D eigenvalue weighted by Crippen LogP contribution is -1.99. The molecule has 4 aromatic carbocycles. The van der Waals surface area contributed by atoms with Crippen LogP contribution < -0.4 is 11.5 Å². The van der Waals surface area contributed by atoms with E-state index in [0.29, 0.717) is 0 Å². The number of anilines is 2. The number of benzene rings is 4. The van der Waals surface area contributed by atoms with E-state index in [0.717, 1.165) is 24.2 Å². The smallest absolute Gasteiger partial charge is 0.0314 e. The Balaban J connectivity index is 0.968. The Morgan fingerprint density at radius 3 is 0.864 bits per heavy atom. The lowest BCUT2D eigenvalue weighted by molar-refractivity contribution is 0.525. The van der Waals surface area contributed by atoms with E-state index >= 15 is 0 Å². The van der Waals surface area contributed by atoms with E-state index < -0.39 is 0 Å². The van der Waals surface area contributed by atoms with Crippen molar-refractivity contribution in [2.45, 2.75) is 213 Å². The van der Waals surface area contributed by atoms with Crippen LogP contribution in [0.15, 0.2) is 84.9 Å². The lowest BCUT2D eigenvalue weighted by Gasteiger charge is -2.13. The number of unbranched alkanes of at least 4 members (excludes halogenated alkanes) is 22. The third-order valence-corrected chi connectivity index (χ3v) is 12.8. The van der Waals surface area contributed by atoms with Crippen LogP contribution in [0.1, 0.15) is 219 Å². The zero-order valence-electron chi connectivity index (χ0n) is 38.2. The van der Waals surface area contributed by atoms with E-state index in [1.807, 2.05) is 24.3 Å². The highest BCUT2D eigenvalue weighted by Gasteiger charge is 2.09. The number of aryl methyl sites for hydroxylation is 4. The highest BCUT2D eigenvalue weighted by atomic mass is 14.5. The summed E-state index contributed by atoms with van der Waals surface area (Å²) < 4.78 is 0. The van der Waals surface area contributed by atoms with Gasteiger partial charge in [0, 0.05) is 11.4 Å². The van der Waals surface area contributed by atoms with Crippen molar-refractivity contribution in [3.8, 4) is 0 Å². The SMILES string of the molecule is CCCCCCc1cc(CCCCCCCCCCCCCCCCCCCc2ccc(Cc3ccc(N)cc3)c(CCCCCC)c2)ccc1Cc1ccc(N)cc1. The Kier molecular flexibility index (Phi) is 24.9. The average molecular weight is 799 g/mol. The van der Waals surface area contributed by atoms with Gasteiger partial charge in [-0.2, -0.15) is 0 Å². The minimum atomic E-state index is 0.847. The van der Waals surface area contributed by atoms with Crippen LogP contribution in [0, 0.1) is 0 Å². The van der Waals surface area contributed by atoms with Gasteiger partial charge in [0.15, 0.2) is 0 Å². The highest BCUT2D eigenvalue weighted by Crippen LogP contribution is 2.24. The Morgan fingerprint density at radius 1 is 0.271 bits per heavy atom. The second-order valence-corrected chi connectivity index (χ2v) is 18.2. The molecule has 4 N–H and O–H groups in total. The molecule has 0 saturated carbocycles. The summed E-state index contributed by atoms with van der Waals surface area (Å²) in [6, 6.07) is 31.6. The fourth-order valence-electron chi connectivity index (χ4n) is 8.99. The molecule has 0 aromatic heterocycles. The van der Waals surface area contributed by atoms with Crippen molar-refractivity contribution < 1.29 is 0 Å². The number of hydrogen-bond acceptors (Lipinski definition) is 2. The van der Waals surface area contributed by atoms with Gasteiger partial charge in [0.05, 0.1) is 0 Å². The van der Waals surface area contributed by atoms with Crippen LogP contribution in [-0.2, 0) is 38.5 Å². The molecule has 4 aromatic rings. The van der Waals surface area contributed by atoms with Crippen LogP contribution in [0.5, 0.6) is 0 Å². The summed E-state index contributed by atoms with van der Waals surface area (Å²) in [7, 11) is 0. The van der Waals surface area contributed by atoms with Gasteiger partial charge in [-0.05, 0) is 133 Å². The maximum absolute atomic E-state index is 5.94. The molecular weight excluding hydrogens is 713 g/mol. The maximum Gasteiger partial charge on any atom is 0.0314 e. The molecule has 0 aliphatic carbocycles. The molecule has 2 nitrogen and oxygen atoms in total. The molecule has 0 atom stereocenters. The molecule has 2 heteroatoms. The first kappa shape index (κ1) is 48.1. The van der Waals surface area contributed by atoms with Crippen LogP contribution in [0.4, 0.5) is 11.4 Å². The molecular formula is C57H86N2. The largest absolute Gasteiger partial charge is 0.399 e. The van der Waals surface area contributed by atoms with E-state index in [4.69, 9.17) is 11.5 Å². The molecule has 324 valence electrons. The first-order valence-corrected chi connectivity index (χ1v) is 24.9. The molecule has 0 aliphatic rings. The highest BCUT2D eigenvalue weighted by molar-refractivity contribution is 5.43. The zero-order valence-corrected chi connectivity index (χ0v) is 38.2. The number of rotatable bonds is 34. The summed E-state index contributed by atoms with van der Waals surface area (Å²) in [6.07, 6.45) is 41.5. The monoisotopic (exact) mass is 799 g/mol. The molecule has 0 fully saturated rings. The van der Waals surface area contributed by atoms with Crippen molar-refractivity contribution in [2.24, 2.45) is 0 Å². The van der Waals surface area contributed by atoms with Gasteiger partial charge in [0.2, 0.25) is 0 Å². The van der Waals surface area contributed by atoms with Gasteiger partial charge in [-0.15, -0.1) is 0 Å². The molecule has 0 bridgehead atoms. The Bertz CT molecular complexity index is 1510. The molecule has 4 rings (SSSR count). The molecule has 0 radical (unpaired) electrons. The predicted molar refractivity (Wildman–Crippen MR) is 262 cm³/mol. The lowest BCUT2D eigenvalue weighted by atomic mass is 9.92. The van der Waals surface area contributed by atoms with Crippen LogP contribution in [0.3, 0.4) is 0 Å². The van der Waals surface area contributed by atoms with Gasteiger partial charge in [0.25, 0.3) is 0 Å². The van der Waals surface area contributed by atoms with Crippen molar-refractivity contribution in [3.63, 3.8) is 0 Å².